The Morgan fingerprint density at radius 3 is 3.00 bits per heavy atom. The van der Waals surface area contributed by atoms with Crippen LogP contribution in [0.5, 0.6) is 0 Å². The smallest absolute Gasteiger partial charge is 0.136 e. The zero-order valence-corrected chi connectivity index (χ0v) is 9.60. The highest BCUT2D eigenvalue weighted by molar-refractivity contribution is 7.80. The van der Waals surface area contributed by atoms with Gasteiger partial charge in [0.25, 0.3) is 0 Å². The molecule has 1 aliphatic heterocycles. The molecule has 0 aromatic heterocycles. The number of rotatable bonds is 2. The van der Waals surface area contributed by atoms with Crippen LogP contribution in [-0.2, 0) is 6.42 Å². The number of hydrogen-bond acceptors (Lipinski definition) is 3. The third kappa shape index (κ3) is 2.11. The molecule has 1 heterocycles. The molecule has 82 valence electrons. The molecule has 2 N–H and O–H groups in total. The molecule has 1 atom stereocenters. The first kappa shape index (κ1) is 10.8. The highest BCUT2D eigenvalue weighted by Crippen LogP contribution is 2.31. The number of nitrogens with two attached hydrogens (primary N) is 1. The average Bonchev–Trinajstić information content (AvgIpc) is 2.49. The van der Waals surface area contributed by atoms with Crippen molar-refractivity contribution >= 4 is 18.3 Å². The molecular formula is C11H15FN2S. The van der Waals surface area contributed by atoms with Crippen molar-refractivity contribution < 1.29 is 4.39 Å². The summed E-state index contributed by atoms with van der Waals surface area (Å²) in [5.41, 5.74) is 7.91. The lowest BCUT2D eigenvalue weighted by atomic mass is 10.1. The van der Waals surface area contributed by atoms with Crippen molar-refractivity contribution in [1.29, 1.82) is 0 Å². The lowest BCUT2D eigenvalue weighted by Crippen LogP contribution is -2.34. The van der Waals surface area contributed by atoms with E-state index in [2.05, 4.69) is 17.5 Å². The number of anilines is 1. The van der Waals surface area contributed by atoms with E-state index in [0.717, 1.165) is 30.8 Å². The van der Waals surface area contributed by atoms with Gasteiger partial charge >= 0.3 is 0 Å². The molecule has 0 amide bonds. The van der Waals surface area contributed by atoms with Crippen LogP contribution in [0.15, 0.2) is 17.0 Å². The van der Waals surface area contributed by atoms with Crippen LogP contribution >= 0.6 is 12.6 Å². The Balaban J connectivity index is 2.30. The van der Waals surface area contributed by atoms with Gasteiger partial charge in [-0.3, -0.25) is 0 Å². The molecule has 1 aromatic carbocycles. The normalized spacial score (nSPS) is 16.7. The quantitative estimate of drug-likeness (QED) is 0.753. The van der Waals surface area contributed by atoms with Crippen LogP contribution in [0, 0.1) is 5.82 Å². The maximum Gasteiger partial charge on any atom is 0.136 e. The number of hydrogen-bond donors (Lipinski definition) is 2. The zero-order chi connectivity index (χ0) is 11.0. The van der Waals surface area contributed by atoms with Gasteiger partial charge in [0.2, 0.25) is 0 Å². The van der Waals surface area contributed by atoms with Gasteiger partial charge in [0.05, 0.1) is 0 Å². The molecular weight excluding hydrogens is 211 g/mol. The van der Waals surface area contributed by atoms with Crippen molar-refractivity contribution in [3.05, 3.63) is 23.5 Å². The Labute approximate surface area is 94.7 Å². The lowest BCUT2D eigenvalue weighted by molar-refractivity contribution is 0.601. The zero-order valence-electron chi connectivity index (χ0n) is 8.70. The first-order valence-electron chi connectivity index (χ1n) is 5.10. The summed E-state index contributed by atoms with van der Waals surface area (Å²) in [5, 5.41) is 0. The highest BCUT2D eigenvalue weighted by Gasteiger charge is 2.21. The second-order valence-corrected chi connectivity index (χ2v) is 4.59. The van der Waals surface area contributed by atoms with Gasteiger partial charge in [-0.1, -0.05) is 0 Å². The number of halogens is 1. The summed E-state index contributed by atoms with van der Waals surface area (Å²) in [4.78, 5) is 2.60. The number of thiol groups is 1. The van der Waals surface area contributed by atoms with Crippen LogP contribution in [0.4, 0.5) is 10.1 Å². The summed E-state index contributed by atoms with van der Waals surface area (Å²) in [5.74, 6) is -0.236. The summed E-state index contributed by atoms with van der Waals surface area (Å²) in [6.07, 6.45) is 0.896. The summed E-state index contributed by atoms with van der Waals surface area (Å²) in [6, 6.07) is 3.51. The van der Waals surface area contributed by atoms with E-state index >= 15 is 0 Å². The molecule has 0 bridgehead atoms. The topological polar surface area (TPSA) is 29.3 Å². The minimum atomic E-state index is -0.236. The number of nitrogens with zero attached hydrogens (tertiary/aromatic N) is 1. The maximum absolute atomic E-state index is 13.2. The fourth-order valence-corrected chi connectivity index (χ4v) is 2.19. The average molecular weight is 226 g/mol. The fraction of sp³-hybridized carbons (Fsp3) is 0.455. The van der Waals surface area contributed by atoms with Crippen molar-refractivity contribution in [3.63, 3.8) is 0 Å². The molecule has 0 aliphatic carbocycles. The minimum absolute atomic E-state index is 0.129. The van der Waals surface area contributed by atoms with Gasteiger partial charge in [-0.2, -0.15) is 0 Å². The second-order valence-electron chi connectivity index (χ2n) is 4.11. The largest absolute Gasteiger partial charge is 0.369 e. The van der Waals surface area contributed by atoms with E-state index in [0.29, 0.717) is 4.90 Å². The third-order valence-electron chi connectivity index (χ3n) is 2.65. The Bertz CT molecular complexity index is 379. The van der Waals surface area contributed by atoms with Gasteiger partial charge in [-0.05, 0) is 31.0 Å². The molecule has 0 spiro atoms. The van der Waals surface area contributed by atoms with Gasteiger partial charge in [-0.15, -0.1) is 12.6 Å². The molecule has 2 nitrogen and oxygen atoms in total. The van der Waals surface area contributed by atoms with Gasteiger partial charge in [0.1, 0.15) is 5.82 Å². The van der Waals surface area contributed by atoms with Crippen molar-refractivity contribution in [2.45, 2.75) is 24.3 Å². The van der Waals surface area contributed by atoms with E-state index in [-0.39, 0.29) is 11.9 Å². The van der Waals surface area contributed by atoms with E-state index in [1.54, 1.807) is 12.1 Å². The molecule has 4 heteroatoms. The standard InChI is InChI=1S/C11H15FN2S/c1-7(13)6-14-3-2-8-4-9(12)11(15)5-10(8)14/h4-5,7,15H,2-3,6,13H2,1H3/t7-/m0/s1. The van der Waals surface area contributed by atoms with Gasteiger partial charge < -0.3 is 10.6 Å². The van der Waals surface area contributed by atoms with Crippen LogP contribution in [0.3, 0.4) is 0 Å². The molecule has 1 aliphatic rings. The SMILES string of the molecule is C[C@H](N)CN1CCc2cc(F)c(S)cc21. The van der Waals surface area contributed by atoms with E-state index < -0.39 is 0 Å². The predicted molar refractivity (Wildman–Crippen MR) is 63.2 cm³/mol. The lowest BCUT2D eigenvalue weighted by Gasteiger charge is -2.21. The van der Waals surface area contributed by atoms with Crippen molar-refractivity contribution in [3.8, 4) is 0 Å². The molecule has 0 unspecified atom stereocenters. The first-order valence-corrected chi connectivity index (χ1v) is 5.54. The van der Waals surface area contributed by atoms with Crippen LogP contribution in [-0.4, -0.2) is 19.1 Å². The van der Waals surface area contributed by atoms with Crippen LogP contribution < -0.4 is 10.6 Å². The maximum atomic E-state index is 13.2. The summed E-state index contributed by atoms with van der Waals surface area (Å²) >= 11 is 4.09. The number of fused-ring (bicyclic) bond motifs is 1. The molecule has 0 radical (unpaired) electrons. The van der Waals surface area contributed by atoms with Gasteiger partial charge in [0, 0.05) is 29.7 Å². The Kier molecular flexibility index (Phi) is 2.89. The van der Waals surface area contributed by atoms with Crippen LogP contribution in [0.1, 0.15) is 12.5 Å². The van der Waals surface area contributed by atoms with Crippen molar-refractivity contribution in [2.75, 3.05) is 18.0 Å². The third-order valence-corrected chi connectivity index (χ3v) is 2.99. The second kappa shape index (κ2) is 4.02. The minimum Gasteiger partial charge on any atom is -0.369 e. The first-order chi connectivity index (χ1) is 7.08. The molecule has 0 fully saturated rings. The van der Waals surface area contributed by atoms with E-state index in [1.165, 1.54) is 0 Å². The monoisotopic (exact) mass is 226 g/mol. The molecule has 15 heavy (non-hydrogen) atoms. The predicted octanol–water partition coefficient (Wildman–Crippen LogP) is 1.82. The van der Waals surface area contributed by atoms with Crippen molar-refractivity contribution in [2.24, 2.45) is 5.73 Å². The summed E-state index contributed by atoms with van der Waals surface area (Å²) in [6.45, 7) is 3.71. The Hall–Kier alpha value is -0.740. The van der Waals surface area contributed by atoms with E-state index in [9.17, 15) is 4.39 Å². The van der Waals surface area contributed by atoms with Gasteiger partial charge in [0.15, 0.2) is 0 Å². The van der Waals surface area contributed by atoms with Gasteiger partial charge in [-0.25, -0.2) is 4.39 Å². The number of benzene rings is 1. The molecule has 0 saturated heterocycles. The molecule has 2 rings (SSSR count). The molecule has 0 saturated carbocycles. The van der Waals surface area contributed by atoms with Crippen molar-refractivity contribution in [1.82, 2.24) is 0 Å². The Morgan fingerprint density at radius 1 is 1.60 bits per heavy atom. The molecule has 1 aromatic rings. The highest BCUT2D eigenvalue weighted by atomic mass is 32.1. The van der Waals surface area contributed by atoms with Crippen LogP contribution in [0.25, 0.3) is 0 Å². The Morgan fingerprint density at radius 2 is 2.33 bits per heavy atom. The van der Waals surface area contributed by atoms with Crippen LogP contribution in [0.2, 0.25) is 0 Å². The fourth-order valence-electron chi connectivity index (χ4n) is 2.00. The van der Waals surface area contributed by atoms with E-state index in [4.69, 9.17) is 5.73 Å². The summed E-state index contributed by atoms with van der Waals surface area (Å²) in [7, 11) is 0. The summed E-state index contributed by atoms with van der Waals surface area (Å²) < 4.78 is 13.2. The van der Waals surface area contributed by atoms with E-state index in [1.807, 2.05) is 6.92 Å².